The first-order valence-electron chi connectivity index (χ1n) is 8.90. The summed E-state index contributed by atoms with van der Waals surface area (Å²) in [6.07, 6.45) is 6.51. The maximum Gasteiger partial charge on any atom is 0.241 e. The number of nitrogens with zero attached hydrogens (tertiary/aromatic N) is 4. The monoisotopic (exact) mass is 334 g/mol. The number of hydrogen-bond acceptors (Lipinski definition) is 5. The lowest BCUT2D eigenvalue weighted by Crippen LogP contribution is -2.29. The highest BCUT2D eigenvalue weighted by atomic mass is 16.5. The van der Waals surface area contributed by atoms with Crippen molar-refractivity contribution in [2.75, 3.05) is 6.54 Å². The molecule has 128 valence electrons. The predicted octanol–water partition coefficient (Wildman–Crippen LogP) is 3.73. The van der Waals surface area contributed by atoms with Crippen molar-refractivity contribution in [2.24, 2.45) is 0 Å². The molecular formula is C20H22N4O. The van der Waals surface area contributed by atoms with Crippen LogP contribution in [0, 0.1) is 0 Å². The summed E-state index contributed by atoms with van der Waals surface area (Å²) < 4.78 is 5.45. The standard InChI is InChI=1S/C20H22N4O/c1-2-7-16(8-3-1)11-12-17-9-6-14-24(17)15-19-22-20(23-25-19)18-10-4-5-13-21-18/h1-5,7-8,10,13,17H,6,9,11-12,14-15H2/t17-/m0/s1. The Morgan fingerprint density at radius 2 is 1.96 bits per heavy atom. The van der Waals surface area contributed by atoms with E-state index in [1.54, 1.807) is 6.20 Å². The molecule has 5 nitrogen and oxygen atoms in total. The fraction of sp³-hybridized carbons (Fsp3) is 0.350. The van der Waals surface area contributed by atoms with E-state index >= 15 is 0 Å². The van der Waals surface area contributed by atoms with Crippen molar-refractivity contribution in [3.05, 3.63) is 66.2 Å². The maximum atomic E-state index is 5.45. The van der Waals surface area contributed by atoms with Crippen LogP contribution in [0.4, 0.5) is 0 Å². The van der Waals surface area contributed by atoms with Gasteiger partial charge in [0.15, 0.2) is 0 Å². The van der Waals surface area contributed by atoms with E-state index in [4.69, 9.17) is 4.52 Å². The summed E-state index contributed by atoms with van der Waals surface area (Å²) in [4.78, 5) is 11.3. The maximum absolute atomic E-state index is 5.45. The number of aryl methyl sites for hydroxylation is 1. The summed E-state index contributed by atoms with van der Waals surface area (Å²) in [7, 11) is 0. The Hall–Kier alpha value is -2.53. The van der Waals surface area contributed by atoms with Gasteiger partial charge in [-0.1, -0.05) is 41.6 Å². The van der Waals surface area contributed by atoms with Gasteiger partial charge in [0.2, 0.25) is 11.7 Å². The second kappa shape index (κ2) is 7.57. The molecule has 0 amide bonds. The Bertz CT molecular complexity index is 788. The molecule has 0 aliphatic carbocycles. The first-order valence-corrected chi connectivity index (χ1v) is 8.90. The average Bonchev–Trinajstić information content (AvgIpc) is 3.32. The van der Waals surface area contributed by atoms with Gasteiger partial charge in [-0.15, -0.1) is 0 Å². The lowest BCUT2D eigenvalue weighted by Gasteiger charge is -2.22. The molecule has 4 rings (SSSR count). The number of pyridine rings is 1. The van der Waals surface area contributed by atoms with E-state index in [9.17, 15) is 0 Å². The van der Waals surface area contributed by atoms with Crippen LogP contribution in [0.25, 0.3) is 11.5 Å². The van der Waals surface area contributed by atoms with E-state index in [-0.39, 0.29) is 0 Å². The van der Waals surface area contributed by atoms with E-state index < -0.39 is 0 Å². The Morgan fingerprint density at radius 1 is 1.08 bits per heavy atom. The van der Waals surface area contributed by atoms with Crippen LogP contribution in [0.3, 0.4) is 0 Å². The van der Waals surface area contributed by atoms with Crippen molar-refractivity contribution in [1.29, 1.82) is 0 Å². The molecule has 0 radical (unpaired) electrons. The van der Waals surface area contributed by atoms with Crippen LogP contribution in [-0.4, -0.2) is 32.6 Å². The third kappa shape index (κ3) is 3.94. The first-order chi connectivity index (χ1) is 12.4. The summed E-state index contributed by atoms with van der Waals surface area (Å²) in [6.45, 7) is 1.82. The molecular weight excluding hydrogens is 312 g/mol. The SMILES string of the molecule is c1ccc(CC[C@@H]2CCCN2Cc2nc(-c3ccccn3)no2)cc1. The molecule has 1 aliphatic heterocycles. The van der Waals surface area contributed by atoms with E-state index in [2.05, 4.69) is 50.4 Å². The number of aromatic nitrogens is 3. The smallest absolute Gasteiger partial charge is 0.241 e. The second-order valence-electron chi connectivity index (χ2n) is 6.52. The zero-order valence-electron chi connectivity index (χ0n) is 14.2. The highest BCUT2D eigenvalue weighted by Crippen LogP contribution is 2.24. The van der Waals surface area contributed by atoms with Crippen molar-refractivity contribution in [3.63, 3.8) is 0 Å². The summed E-state index contributed by atoms with van der Waals surface area (Å²) in [5.74, 6) is 1.24. The van der Waals surface area contributed by atoms with Gasteiger partial charge < -0.3 is 4.52 Å². The highest BCUT2D eigenvalue weighted by molar-refractivity contribution is 5.46. The topological polar surface area (TPSA) is 55.1 Å². The van der Waals surface area contributed by atoms with Crippen molar-refractivity contribution >= 4 is 0 Å². The van der Waals surface area contributed by atoms with Crippen LogP contribution in [0.15, 0.2) is 59.3 Å². The number of benzene rings is 1. The Morgan fingerprint density at radius 3 is 2.80 bits per heavy atom. The molecule has 2 aromatic heterocycles. The van der Waals surface area contributed by atoms with Gasteiger partial charge in [-0.25, -0.2) is 0 Å². The van der Waals surface area contributed by atoms with Crippen molar-refractivity contribution in [2.45, 2.75) is 38.3 Å². The van der Waals surface area contributed by atoms with Crippen LogP contribution in [0.2, 0.25) is 0 Å². The number of hydrogen-bond donors (Lipinski definition) is 0. The Kier molecular flexibility index (Phi) is 4.84. The van der Waals surface area contributed by atoms with Gasteiger partial charge in [-0.05, 0) is 49.9 Å². The molecule has 0 saturated carbocycles. The normalized spacial score (nSPS) is 17.8. The zero-order chi connectivity index (χ0) is 16.9. The third-order valence-corrected chi connectivity index (χ3v) is 4.81. The molecule has 5 heteroatoms. The van der Waals surface area contributed by atoms with Gasteiger partial charge in [0, 0.05) is 12.2 Å². The molecule has 0 bridgehead atoms. The molecule has 0 unspecified atom stereocenters. The predicted molar refractivity (Wildman–Crippen MR) is 95.7 cm³/mol. The average molecular weight is 334 g/mol. The van der Waals surface area contributed by atoms with Gasteiger partial charge in [-0.2, -0.15) is 4.98 Å². The first kappa shape index (κ1) is 16.0. The summed E-state index contributed by atoms with van der Waals surface area (Å²) in [5, 5.41) is 4.07. The van der Waals surface area contributed by atoms with Gasteiger partial charge in [0.1, 0.15) is 5.69 Å². The fourth-order valence-electron chi connectivity index (χ4n) is 3.50. The molecule has 3 heterocycles. The number of rotatable bonds is 6. The molecule has 1 aliphatic rings. The largest absolute Gasteiger partial charge is 0.337 e. The fourth-order valence-corrected chi connectivity index (χ4v) is 3.50. The van der Waals surface area contributed by atoms with Crippen LogP contribution in [-0.2, 0) is 13.0 Å². The van der Waals surface area contributed by atoms with Gasteiger partial charge in [0.05, 0.1) is 6.54 Å². The molecule has 0 spiro atoms. The zero-order valence-corrected chi connectivity index (χ0v) is 14.2. The van der Waals surface area contributed by atoms with Gasteiger partial charge in [0.25, 0.3) is 0 Å². The Balaban J connectivity index is 1.37. The van der Waals surface area contributed by atoms with Crippen LogP contribution in [0.5, 0.6) is 0 Å². The lowest BCUT2D eigenvalue weighted by atomic mass is 10.0. The minimum absolute atomic E-state index is 0.565. The molecule has 1 saturated heterocycles. The van der Waals surface area contributed by atoms with Gasteiger partial charge >= 0.3 is 0 Å². The molecule has 1 aromatic carbocycles. The van der Waals surface area contributed by atoms with Crippen molar-refractivity contribution in [1.82, 2.24) is 20.0 Å². The summed E-state index contributed by atoms with van der Waals surface area (Å²) in [5.41, 5.74) is 2.16. The molecule has 0 N–H and O–H groups in total. The van der Waals surface area contributed by atoms with Crippen LogP contribution < -0.4 is 0 Å². The minimum atomic E-state index is 0.565. The van der Waals surface area contributed by atoms with E-state index in [1.165, 1.54) is 24.8 Å². The summed E-state index contributed by atoms with van der Waals surface area (Å²) >= 11 is 0. The molecule has 3 aromatic rings. The molecule has 1 fully saturated rings. The highest BCUT2D eigenvalue weighted by Gasteiger charge is 2.26. The van der Waals surface area contributed by atoms with Crippen LogP contribution >= 0.6 is 0 Å². The van der Waals surface area contributed by atoms with E-state index in [0.29, 0.717) is 17.8 Å². The van der Waals surface area contributed by atoms with Crippen molar-refractivity contribution in [3.8, 4) is 11.5 Å². The Labute approximate surface area is 147 Å². The lowest BCUT2D eigenvalue weighted by molar-refractivity contribution is 0.203. The van der Waals surface area contributed by atoms with Crippen LogP contribution in [0.1, 0.15) is 30.7 Å². The van der Waals surface area contributed by atoms with Crippen molar-refractivity contribution < 1.29 is 4.52 Å². The minimum Gasteiger partial charge on any atom is -0.337 e. The summed E-state index contributed by atoms with van der Waals surface area (Å²) in [6, 6.07) is 17.0. The van der Waals surface area contributed by atoms with Gasteiger partial charge in [-0.3, -0.25) is 9.88 Å². The van der Waals surface area contributed by atoms with E-state index in [1.807, 2.05) is 18.2 Å². The number of likely N-dealkylation sites (tertiary alicyclic amines) is 1. The molecule has 25 heavy (non-hydrogen) atoms. The quantitative estimate of drug-likeness (QED) is 0.687. The third-order valence-electron chi connectivity index (χ3n) is 4.81. The molecule has 1 atom stereocenters. The van der Waals surface area contributed by atoms with E-state index in [0.717, 1.165) is 25.2 Å². The second-order valence-corrected chi connectivity index (χ2v) is 6.52.